The van der Waals surface area contributed by atoms with Crippen molar-refractivity contribution in [2.45, 2.75) is 25.8 Å². The number of carbonyl (C=O) groups is 1. The Morgan fingerprint density at radius 1 is 1.18 bits per heavy atom. The number of hydrogen-bond acceptors (Lipinski definition) is 6. The van der Waals surface area contributed by atoms with Crippen molar-refractivity contribution in [3.05, 3.63) is 46.1 Å². The Labute approximate surface area is 166 Å². The molecule has 0 unspecified atom stereocenters. The molecule has 0 radical (unpaired) electrons. The van der Waals surface area contributed by atoms with E-state index < -0.39 is 0 Å². The zero-order valence-electron chi connectivity index (χ0n) is 15.7. The number of fused-ring (bicyclic) bond motifs is 1. The SMILES string of the molecule is COc1ccc(NC(=O)Cn2c(N3CCCCC3)nc3ccsc3c2=O)cc1. The molecule has 0 spiro atoms. The number of nitrogens with zero attached hydrogens (tertiary/aromatic N) is 3. The van der Waals surface area contributed by atoms with Crippen molar-refractivity contribution in [2.24, 2.45) is 0 Å². The number of benzene rings is 1. The highest BCUT2D eigenvalue weighted by Gasteiger charge is 2.21. The second kappa shape index (κ2) is 8.02. The van der Waals surface area contributed by atoms with E-state index in [0.717, 1.165) is 25.9 Å². The predicted octanol–water partition coefficient (Wildman–Crippen LogP) is 3.10. The lowest BCUT2D eigenvalue weighted by Gasteiger charge is -2.29. The first-order valence-electron chi connectivity index (χ1n) is 9.32. The predicted molar refractivity (Wildman–Crippen MR) is 112 cm³/mol. The Bertz CT molecular complexity index is 1040. The maximum absolute atomic E-state index is 13.0. The van der Waals surface area contributed by atoms with Crippen molar-refractivity contribution in [3.8, 4) is 5.75 Å². The first-order valence-corrected chi connectivity index (χ1v) is 10.2. The summed E-state index contributed by atoms with van der Waals surface area (Å²) in [5, 5.41) is 4.71. The Morgan fingerprint density at radius 2 is 1.93 bits per heavy atom. The van der Waals surface area contributed by atoms with Crippen LogP contribution in [-0.2, 0) is 11.3 Å². The van der Waals surface area contributed by atoms with Gasteiger partial charge in [-0.1, -0.05) is 0 Å². The van der Waals surface area contributed by atoms with Crippen molar-refractivity contribution in [1.82, 2.24) is 9.55 Å². The minimum Gasteiger partial charge on any atom is -0.497 e. The van der Waals surface area contributed by atoms with Gasteiger partial charge in [-0.05, 0) is 55.0 Å². The largest absolute Gasteiger partial charge is 0.497 e. The number of methoxy groups -OCH3 is 1. The number of nitrogens with one attached hydrogen (secondary N) is 1. The molecule has 28 heavy (non-hydrogen) atoms. The molecule has 3 heterocycles. The van der Waals surface area contributed by atoms with Gasteiger partial charge in [0.1, 0.15) is 17.0 Å². The van der Waals surface area contributed by atoms with Crippen LogP contribution >= 0.6 is 11.3 Å². The topological polar surface area (TPSA) is 76.5 Å². The second-order valence-electron chi connectivity index (χ2n) is 6.76. The van der Waals surface area contributed by atoms with Crippen LogP contribution in [0.1, 0.15) is 19.3 Å². The van der Waals surface area contributed by atoms with E-state index in [1.807, 2.05) is 11.4 Å². The van der Waals surface area contributed by atoms with E-state index in [2.05, 4.69) is 10.2 Å². The number of hydrogen-bond donors (Lipinski definition) is 1. The number of carbonyl (C=O) groups excluding carboxylic acids is 1. The van der Waals surface area contributed by atoms with Crippen molar-refractivity contribution in [2.75, 3.05) is 30.4 Å². The molecule has 1 amide bonds. The summed E-state index contributed by atoms with van der Waals surface area (Å²) in [5.74, 6) is 1.04. The van der Waals surface area contributed by atoms with Gasteiger partial charge in [0.05, 0.1) is 12.6 Å². The van der Waals surface area contributed by atoms with Gasteiger partial charge in [0.2, 0.25) is 11.9 Å². The molecule has 8 heteroatoms. The maximum atomic E-state index is 13.0. The highest BCUT2D eigenvalue weighted by Crippen LogP contribution is 2.22. The van der Waals surface area contributed by atoms with Gasteiger partial charge in [-0.25, -0.2) is 4.98 Å². The molecule has 1 aliphatic heterocycles. The van der Waals surface area contributed by atoms with E-state index in [1.165, 1.54) is 22.3 Å². The van der Waals surface area contributed by atoms with Gasteiger partial charge in [0.15, 0.2) is 0 Å². The highest BCUT2D eigenvalue weighted by molar-refractivity contribution is 7.17. The summed E-state index contributed by atoms with van der Waals surface area (Å²) in [5.41, 5.74) is 1.19. The van der Waals surface area contributed by atoms with Crippen LogP contribution in [-0.4, -0.2) is 35.7 Å². The van der Waals surface area contributed by atoms with E-state index in [-0.39, 0.29) is 18.0 Å². The zero-order valence-corrected chi connectivity index (χ0v) is 16.5. The van der Waals surface area contributed by atoms with E-state index in [0.29, 0.717) is 27.6 Å². The molecule has 0 bridgehead atoms. The minimum absolute atomic E-state index is 0.0719. The molecular weight excluding hydrogens is 376 g/mol. The van der Waals surface area contributed by atoms with E-state index in [1.54, 1.807) is 31.4 Å². The normalized spacial score (nSPS) is 14.2. The molecule has 0 saturated carbocycles. The third kappa shape index (κ3) is 3.73. The number of thiophene rings is 1. The van der Waals surface area contributed by atoms with Gasteiger partial charge in [0, 0.05) is 18.8 Å². The number of piperidine rings is 1. The molecule has 1 fully saturated rings. The lowest BCUT2D eigenvalue weighted by molar-refractivity contribution is -0.116. The van der Waals surface area contributed by atoms with Crippen molar-refractivity contribution in [3.63, 3.8) is 0 Å². The fourth-order valence-corrected chi connectivity index (χ4v) is 4.21. The molecule has 0 aliphatic carbocycles. The molecule has 0 atom stereocenters. The van der Waals surface area contributed by atoms with Crippen molar-refractivity contribution in [1.29, 1.82) is 0 Å². The third-order valence-electron chi connectivity index (χ3n) is 4.86. The van der Waals surface area contributed by atoms with Gasteiger partial charge in [-0.2, -0.15) is 0 Å². The molecule has 1 aromatic carbocycles. The Balaban J connectivity index is 1.63. The Kier molecular flexibility index (Phi) is 5.29. The van der Waals surface area contributed by atoms with E-state index in [9.17, 15) is 9.59 Å². The van der Waals surface area contributed by atoms with Crippen LogP contribution in [0.2, 0.25) is 0 Å². The molecule has 1 saturated heterocycles. The smallest absolute Gasteiger partial charge is 0.273 e. The summed E-state index contributed by atoms with van der Waals surface area (Å²) in [4.78, 5) is 32.5. The average molecular weight is 398 g/mol. The van der Waals surface area contributed by atoms with Crippen LogP contribution in [0.4, 0.5) is 11.6 Å². The maximum Gasteiger partial charge on any atom is 0.273 e. The van der Waals surface area contributed by atoms with Gasteiger partial charge in [0.25, 0.3) is 5.56 Å². The summed E-state index contributed by atoms with van der Waals surface area (Å²) in [6, 6.07) is 8.95. The first kappa shape index (κ1) is 18.5. The molecule has 1 aliphatic rings. The zero-order chi connectivity index (χ0) is 19.5. The van der Waals surface area contributed by atoms with Crippen LogP contribution in [0.25, 0.3) is 10.2 Å². The average Bonchev–Trinajstić information content (AvgIpc) is 3.20. The summed E-state index contributed by atoms with van der Waals surface area (Å²) in [7, 11) is 1.59. The van der Waals surface area contributed by atoms with Crippen LogP contribution in [0.5, 0.6) is 5.75 Å². The molecule has 4 rings (SSSR count). The summed E-state index contributed by atoms with van der Waals surface area (Å²) in [6.45, 7) is 1.63. The lowest BCUT2D eigenvalue weighted by atomic mass is 10.1. The van der Waals surface area contributed by atoms with Crippen molar-refractivity contribution < 1.29 is 9.53 Å². The molecular formula is C20H22N4O3S. The number of aromatic nitrogens is 2. The van der Waals surface area contributed by atoms with E-state index in [4.69, 9.17) is 9.72 Å². The van der Waals surface area contributed by atoms with Crippen LogP contribution in [0, 0.1) is 0 Å². The quantitative estimate of drug-likeness (QED) is 0.715. The monoisotopic (exact) mass is 398 g/mol. The summed E-state index contributed by atoms with van der Waals surface area (Å²) in [6.07, 6.45) is 3.31. The fraction of sp³-hybridized carbons (Fsp3) is 0.350. The van der Waals surface area contributed by atoms with Crippen LogP contribution in [0.15, 0.2) is 40.5 Å². The molecule has 2 aromatic heterocycles. The third-order valence-corrected chi connectivity index (χ3v) is 5.75. The van der Waals surface area contributed by atoms with E-state index >= 15 is 0 Å². The molecule has 7 nitrogen and oxygen atoms in total. The summed E-state index contributed by atoms with van der Waals surface area (Å²) < 4.78 is 7.22. The van der Waals surface area contributed by atoms with Gasteiger partial charge in [-0.3, -0.25) is 14.2 Å². The number of ether oxygens (including phenoxy) is 1. The van der Waals surface area contributed by atoms with Gasteiger partial charge in [-0.15, -0.1) is 11.3 Å². The number of rotatable bonds is 5. The molecule has 146 valence electrons. The first-order chi connectivity index (χ1) is 13.7. The lowest BCUT2D eigenvalue weighted by Crippen LogP contribution is -2.38. The standard InChI is InChI=1S/C20H22N4O3S/c1-27-15-7-5-14(6-8-15)21-17(25)13-24-19(26)18-16(9-12-28-18)22-20(24)23-10-3-2-4-11-23/h5-9,12H,2-4,10-11,13H2,1H3,(H,21,25). The molecule has 1 N–H and O–H groups in total. The highest BCUT2D eigenvalue weighted by atomic mass is 32.1. The fourth-order valence-electron chi connectivity index (χ4n) is 3.43. The van der Waals surface area contributed by atoms with Gasteiger partial charge >= 0.3 is 0 Å². The van der Waals surface area contributed by atoms with Crippen LogP contribution < -0.4 is 20.5 Å². The Morgan fingerprint density at radius 3 is 2.64 bits per heavy atom. The molecule has 3 aromatic rings. The van der Waals surface area contributed by atoms with Gasteiger partial charge < -0.3 is 15.0 Å². The second-order valence-corrected chi connectivity index (χ2v) is 7.68. The minimum atomic E-state index is -0.261. The number of amides is 1. The van der Waals surface area contributed by atoms with Crippen LogP contribution in [0.3, 0.4) is 0 Å². The Hall–Kier alpha value is -2.87. The summed E-state index contributed by atoms with van der Waals surface area (Å²) >= 11 is 1.36. The van der Waals surface area contributed by atoms with Crippen molar-refractivity contribution >= 4 is 39.1 Å². The number of anilines is 2.